The van der Waals surface area contributed by atoms with E-state index in [1.54, 1.807) is 10.9 Å². The predicted molar refractivity (Wildman–Crippen MR) is 130 cm³/mol. The van der Waals surface area contributed by atoms with Crippen molar-refractivity contribution in [3.05, 3.63) is 42.6 Å². The van der Waals surface area contributed by atoms with E-state index < -0.39 is 0 Å². The Labute approximate surface area is 203 Å². The predicted octanol–water partition coefficient (Wildman–Crippen LogP) is 2.85. The maximum absolute atomic E-state index is 12.6. The molecule has 184 valence electrons. The largest absolute Gasteiger partial charge is 0.355 e. The molecule has 1 fully saturated rings. The normalized spacial score (nSPS) is 16.1. The molecule has 0 bridgehead atoms. The number of aryl methyl sites for hydroxylation is 1. The first kappa shape index (κ1) is 23.0. The van der Waals surface area contributed by atoms with Crippen LogP contribution in [-0.2, 0) is 12.5 Å². The second-order valence-corrected chi connectivity index (χ2v) is 10.7. The molecule has 0 atom stereocenters. The fourth-order valence-corrected chi connectivity index (χ4v) is 4.26. The number of hydrogen-bond donors (Lipinski definition) is 1. The molecule has 11 heteroatoms. The van der Waals surface area contributed by atoms with Crippen molar-refractivity contribution in [3.63, 3.8) is 0 Å². The molecule has 5 rings (SSSR count). The van der Waals surface area contributed by atoms with Gasteiger partial charge in [0, 0.05) is 43.9 Å². The SMILES string of the molecule is Cn1cc(-c2cn3nccc3c(N3CCC(C)(CNC(=O)c4noc(C(C)(C)C)n4)CC3)n2)cn1. The van der Waals surface area contributed by atoms with Gasteiger partial charge in [0.25, 0.3) is 11.7 Å². The topological polar surface area (TPSA) is 119 Å². The molecule has 1 aliphatic heterocycles. The number of nitrogens with one attached hydrogen (secondary N) is 1. The molecule has 1 amide bonds. The molecule has 4 aromatic heterocycles. The van der Waals surface area contributed by atoms with Gasteiger partial charge in [0.1, 0.15) is 5.52 Å². The first-order valence-corrected chi connectivity index (χ1v) is 11.8. The van der Waals surface area contributed by atoms with Crippen LogP contribution in [0.3, 0.4) is 0 Å². The molecule has 4 aromatic rings. The van der Waals surface area contributed by atoms with Crippen molar-refractivity contribution in [1.82, 2.24) is 39.8 Å². The standard InChI is InChI=1S/C24H31N9O2/c1-23(2,3)22-29-19(30-35-22)21(34)25-15-24(4)7-10-32(11-8-24)20-18-6-9-26-33(18)14-17(28-20)16-12-27-31(5)13-16/h6,9,12-14H,7-8,10-11,15H2,1-5H3,(H,25,34). The summed E-state index contributed by atoms with van der Waals surface area (Å²) in [6.07, 6.45) is 9.30. The van der Waals surface area contributed by atoms with Crippen molar-refractivity contribution in [1.29, 1.82) is 0 Å². The van der Waals surface area contributed by atoms with Crippen LogP contribution in [0.2, 0.25) is 0 Å². The highest BCUT2D eigenvalue weighted by molar-refractivity contribution is 5.90. The maximum atomic E-state index is 12.6. The van der Waals surface area contributed by atoms with Crippen LogP contribution in [-0.4, -0.2) is 60.1 Å². The molecule has 0 unspecified atom stereocenters. The Morgan fingerprint density at radius 1 is 1.17 bits per heavy atom. The van der Waals surface area contributed by atoms with Gasteiger partial charge in [-0.15, -0.1) is 0 Å². The zero-order valence-electron chi connectivity index (χ0n) is 20.8. The number of anilines is 1. The minimum Gasteiger partial charge on any atom is -0.355 e. The van der Waals surface area contributed by atoms with E-state index in [-0.39, 0.29) is 22.6 Å². The Morgan fingerprint density at radius 3 is 2.60 bits per heavy atom. The minimum absolute atomic E-state index is 0.0414. The summed E-state index contributed by atoms with van der Waals surface area (Å²) in [4.78, 5) is 24.2. The number of amides is 1. The number of nitrogens with zero attached hydrogens (tertiary/aromatic N) is 8. The van der Waals surface area contributed by atoms with Crippen LogP contribution in [0.15, 0.2) is 35.4 Å². The van der Waals surface area contributed by atoms with Gasteiger partial charge in [-0.05, 0) is 24.3 Å². The molecule has 11 nitrogen and oxygen atoms in total. The third-order valence-corrected chi connectivity index (χ3v) is 6.59. The average Bonchev–Trinajstić information content (AvgIpc) is 3.57. The van der Waals surface area contributed by atoms with E-state index in [1.165, 1.54) is 0 Å². The van der Waals surface area contributed by atoms with Crippen LogP contribution < -0.4 is 10.2 Å². The van der Waals surface area contributed by atoms with Gasteiger partial charge >= 0.3 is 0 Å². The fraction of sp³-hybridized carbons (Fsp3) is 0.500. The van der Waals surface area contributed by atoms with Crippen LogP contribution in [0.4, 0.5) is 5.82 Å². The molecular weight excluding hydrogens is 446 g/mol. The van der Waals surface area contributed by atoms with Gasteiger partial charge in [0.15, 0.2) is 5.82 Å². The van der Waals surface area contributed by atoms with Crippen molar-refractivity contribution < 1.29 is 9.32 Å². The fourth-order valence-electron chi connectivity index (χ4n) is 4.26. The first-order chi connectivity index (χ1) is 16.6. The van der Waals surface area contributed by atoms with Crippen molar-refractivity contribution >= 4 is 17.2 Å². The van der Waals surface area contributed by atoms with Gasteiger partial charge in [-0.2, -0.15) is 15.2 Å². The molecule has 0 aliphatic carbocycles. The minimum atomic E-state index is -0.306. The quantitative estimate of drug-likeness (QED) is 0.466. The van der Waals surface area contributed by atoms with Gasteiger partial charge in [-0.1, -0.05) is 32.9 Å². The number of piperidine rings is 1. The lowest BCUT2D eigenvalue weighted by molar-refractivity contribution is 0.0911. The van der Waals surface area contributed by atoms with Gasteiger partial charge in [0.2, 0.25) is 5.89 Å². The van der Waals surface area contributed by atoms with Crippen molar-refractivity contribution in [3.8, 4) is 11.3 Å². The Balaban J connectivity index is 1.26. The van der Waals surface area contributed by atoms with E-state index in [1.807, 2.05) is 57.0 Å². The first-order valence-electron chi connectivity index (χ1n) is 11.8. The summed E-state index contributed by atoms with van der Waals surface area (Å²) in [7, 11) is 1.89. The highest BCUT2D eigenvalue weighted by atomic mass is 16.5. The van der Waals surface area contributed by atoms with E-state index in [4.69, 9.17) is 9.51 Å². The number of carbonyl (C=O) groups is 1. The Bertz CT molecular complexity index is 1350. The summed E-state index contributed by atoms with van der Waals surface area (Å²) >= 11 is 0. The second-order valence-electron chi connectivity index (χ2n) is 10.7. The molecular formula is C24H31N9O2. The summed E-state index contributed by atoms with van der Waals surface area (Å²) in [5, 5.41) is 15.6. The zero-order chi connectivity index (χ0) is 24.8. The van der Waals surface area contributed by atoms with Gasteiger partial charge in [-0.25, -0.2) is 9.50 Å². The van der Waals surface area contributed by atoms with E-state index in [0.717, 1.165) is 48.5 Å². The van der Waals surface area contributed by atoms with E-state index >= 15 is 0 Å². The lowest BCUT2D eigenvalue weighted by Gasteiger charge is -2.40. The molecule has 5 heterocycles. The lowest BCUT2D eigenvalue weighted by atomic mass is 9.80. The van der Waals surface area contributed by atoms with Crippen LogP contribution in [0, 0.1) is 5.41 Å². The third-order valence-electron chi connectivity index (χ3n) is 6.59. The highest BCUT2D eigenvalue weighted by Crippen LogP contribution is 2.34. The molecule has 1 aliphatic rings. The Kier molecular flexibility index (Phi) is 5.57. The molecule has 1 saturated heterocycles. The molecule has 0 spiro atoms. The van der Waals surface area contributed by atoms with Crippen molar-refractivity contribution in [2.75, 3.05) is 24.5 Å². The van der Waals surface area contributed by atoms with E-state index in [9.17, 15) is 4.79 Å². The summed E-state index contributed by atoms with van der Waals surface area (Å²) in [6.45, 7) is 10.3. The van der Waals surface area contributed by atoms with Crippen LogP contribution in [0.25, 0.3) is 16.8 Å². The van der Waals surface area contributed by atoms with Crippen LogP contribution in [0.1, 0.15) is 57.0 Å². The summed E-state index contributed by atoms with van der Waals surface area (Å²) < 4.78 is 8.89. The highest BCUT2D eigenvalue weighted by Gasteiger charge is 2.33. The van der Waals surface area contributed by atoms with Gasteiger partial charge < -0.3 is 14.7 Å². The Hall–Kier alpha value is -3.76. The third kappa shape index (κ3) is 4.62. The molecule has 1 N–H and O–H groups in total. The van der Waals surface area contributed by atoms with Crippen molar-refractivity contribution in [2.24, 2.45) is 12.5 Å². The second kappa shape index (κ2) is 8.47. The van der Waals surface area contributed by atoms with Crippen LogP contribution in [0.5, 0.6) is 0 Å². The zero-order valence-corrected chi connectivity index (χ0v) is 20.8. The summed E-state index contributed by atoms with van der Waals surface area (Å²) in [5.74, 6) is 1.14. The number of fused-ring (bicyclic) bond motifs is 1. The van der Waals surface area contributed by atoms with Gasteiger partial charge in [0.05, 0.1) is 24.3 Å². The molecule has 0 aromatic carbocycles. The Morgan fingerprint density at radius 2 is 1.94 bits per heavy atom. The molecule has 0 radical (unpaired) electrons. The van der Waals surface area contributed by atoms with Gasteiger partial charge in [-0.3, -0.25) is 9.48 Å². The van der Waals surface area contributed by atoms with Crippen LogP contribution >= 0.6 is 0 Å². The van der Waals surface area contributed by atoms with Crippen molar-refractivity contribution in [2.45, 2.75) is 46.0 Å². The molecule has 35 heavy (non-hydrogen) atoms. The smallest absolute Gasteiger partial charge is 0.292 e. The molecule has 0 saturated carbocycles. The monoisotopic (exact) mass is 477 g/mol. The average molecular weight is 478 g/mol. The number of carbonyl (C=O) groups excluding carboxylic acids is 1. The van der Waals surface area contributed by atoms with E-state index in [0.29, 0.717) is 12.4 Å². The lowest BCUT2D eigenvalue weighted by Crippen LogP contribution is -2.45. The number of rotatable bonds is 5. The van der Waals surface area contributed by atoms with E-state index in [2.05, 4.69) is 37.5 Å². The summed E-state index contributed by atoms with van der Waals surface area (Å²) in [5.41, 5.74) is 2.42. The number of aromatic nitrogens is 7. The number of hydrogen-bond acceptors (Lipinski definition) is 8. The maximum Gasteiger partial charge on any atom is 0.292 e. The summed E-state index contributed by atoms with van der Waals surface area (Å²) in [6, 6.07) is 1.99.